The van der Waals surface area contributed by atoms with Gasteiger partial charge in [-0.25, -0.2) is 9.36 Å². The Kier molecular flexibility index (Phi) is 5.26. The van der Waals surface area contributed by atoms with E-state index >= 15 is 0 Å². The summed E-state index contributed by atoms with van der Waals surface area (Å²) in [5, 5.41) is 18.5. The lowest BCUT2D eigenvalue weighted by Gasteiger charge is -2.12. The number of rotatable bonds is 7. The maximum atomic E-state index is 12.2. The predicted molar refractivity (Wildman–Crippen MR) is 93.8 cm³/mol. The van der Waals surface area contributed by atoms with Crippen molar-refractivity contribution in [2.75, 3.05) is 7.11 Å². The summed E-state index contributed by atoms with van der Waals surface area (Å²) in [6, 6.07) is 7.47. The molecule has 0 unspecified atom stereocenters. The van der Waals surface area contributed by atoms with Crippen LogP contribution in [0.2, 0.25) is 0 Å². The molecule has 0 radical (unpaired) electrons. The summed E-state index contributed by atoms with van der Waals surface area (Å²) in [7, 11) is 1.63. The molecule has 26 heavy (non-hydrogen) atoms. The lowest BCUT2D eigenvalue weighted by atomic mass is 10.2. The van der Waals surface area contributed by atoms with E-state index in [2.05, 4.69) is 25.9 Å². The van der Waals surface area contributed by atoms with Gasteiger partial charge in [0.2, 0.25) is 5.91 Å². The van der Waals surface area contributed by atoms with Gasteiger partial charge < -0.3 is 10.1 Å². The number of hydrogen-bond donors (Lipinski definition) is 1. The largest absolute Gasteiger partial charge is 0.497 e. The first-order valence-electron chi connectivity index (χ1n) is 8.28. The molecule has 1 atom stereocenters. The van der Waals surface area contributed by atoms with E-state index in [1.165, 1.54) is 0 Å². The molecule has 0 saturated carbocycles. The molecule has 2 aromatic heterocycles. The molecule has 1 amide bonds. The number of aryl methyl sites for hydroxylation is 2. The summed E-state index contributed by atoms with van der Waals surface area (Å²) in [5.41, 5.74) is 1.81. The summed E-state index contributed by atoms with van der Waals surface area (Å²) in [6.45, 7) is 4.17. The number of aromatic nitrogens is 6. The Morgan fingerprint density at radius 3 is 2.96 bits per heavy atom. The monoisotopic (exact) mass is 355 g/mol. The minimum atomic E-state index is -0.156. The van der Waals surface area contributed by atoms with Crippen LogP contribution in [0.3, 0.4) is 0 Å². The summed E-state index contributed by atoms with van der Waals surface area (Å²) < 4.78 is 8.59. The topological polar surface area (TPSA) is 99.8 Å². The highest BCUT2D eigenvalue weighted by Crippen LogP contribution is 2.18. The van der Waals surface area contributed by atoms with Crippen molar-refractivity contribution in [3.63, 3.8) is 0 Å². The van der Waals surface area contributed by atoms with Crippen molar-refractivity contribution in [3.8, 4) is 11.4 Å². The highest BCUT2D eigenvalue weighted by Gasteiger charge is 2.13. The number of hydrogen-bond acceptors (Lipinski definition) is 6. The molecule has 0 saturated heterocycles. The van der Waals surface area contributed by atoms with Gasteiger partial charge in [0, 0.05) is 24.2 Å². The zero-order valence-electron chi connectivity index (χ0n) is 15.0. The van der Waals surface area contributed by atoms with Crippen LogP contribution in [0.5, 0.6) is 5.75 Å². The van der Waals surface area contributed by atoms with Crippen molar-refractivity contribution in [3.05, 3.63) is 48.0 Å². The first-order valence-corrected chi connectivity index (χ1v) is 8.28. The van der Waals surface area contributed by atoms with Crippen LogP contribution >= 0.6 is 0 Å². The van der Waals surface area contributed by atoms with Gasteiger partial charge in [0.25, 0.3) is 0 Å². The van der Waals surface area contributed by atoms with E-state index in [0.717, 1.165) is 17.0 Å². The van der Waals surface area contributed by atoms with Crippen molar-refractivity contribution in [1.29, 1.82) is 0 Å². The second-order valence-electron chi connectivity index (χ2n) is 5.91. The van der Waals surface area contributed by atoms with Crippen molar-refractivity contribution >= 4 is 5.91 Å². The Labute approximate surface area is 151 Å². The van der Waals surface area contributed by atoms with Gasteiger partial charge in [-0.3, -0.25) is 4.79 Å². The SMILES string of the molecule is COc1cccc(-n2cc([C@@H](C)NC(=O)CCn3nnnc3C)cn2)c1. The number of benzene rings is 1. The van der Waals surface area contributed by atoms with Crippen molar-refractivity contribution < 1.29 is 9.53 Å². The minimum Gasteiger partial charge on any atom is -0.497 e. The first-order chi connectivity index (χ1) is 12.6. The van der Waals surface area contributed by atoms with Gasteiger partial charge in [0.1, 0.15) is 11.6 Å². The molecule has 136 valence electrons. The van der Waals surface area contributed by atoms with Crippen LogP contribution in [0.1, 0.15) is 30.8 Å². The van der Waals surface area contributed by atoms with Crippen LogP contribution in [0, 0.1) is 6.92 Å². The average Bonchev–Trinajstić information content (AvgIpc) is 3.29. The van der Waals surface area contributed by atoms with Crippen LogP contribution in [0.25, 0.3) is 5.69 Å². The molecular weight excluding hydrogens is 334 g/mol. The third-order valence-corrected chi connectivity index (χ3v) is 4.06. The predicted octanol–water partition coefficient (Wildman–Crippen LogP) is 1.44. The number of tetrazole rings is 1. The van der Waals surface area contributed by atoms with E-state index in [1.54, 1.807) is 29.6 Å². The number of amides is 1. The maximum Gasteiger partial charge on any atom is 0.222 e. The normalized spacial score (nSPS) is 12.0. The van der Waals surface area contributed by atoms with Crippen molar-refractivity contribution in [2.45, 2.75) is 32.9 Å². The average molecular weight is 355 g/mol. The number of carbonyl (C=O) groups excluding carboxylic acids is 1. The number of methoxy groups -OCH3 is 1. The van der Waals surface area contributed by atoms with Gasteiger partial charge in [-0.1, -0.05) is 6.07 Å². The lowest BCUT2D eigenvalue weighted by Crippen LogP contribution is -2.27. The summed E-state index contributed by atoms with van der Waals surface area (Å²) >= 11 is 0. The van der Waals surface area contributed by atoms with Crippen LogP contribution in [0.15, 0.2) is 36.7 Å². The van der Waals surface area contributed by atoms with Gasteiger partial charge in [0.05, 0.1) is 31.6 Å². The summed E-state index contributed by atoms with van der Waals surface area (Å²) in [5.74, 6) is 1.38. The molecular formula is C17H21N7O2. The van der Waals surface area contributed by atoms with Crippen molar-refractivity contribution in [1.82, 2.24) is 35.3 Å². The Hall–Kier alpha value is -3.23. The summed E-state index contributed by atoms with van der Waals surface area (Å²) in [4.78, 5) is 12.2. The Bertz CT molecular complexity index is 887. The number of ether oxygens (including phenoxy) is 1. The second kappa shape index (κ2) is 7.77. The Morgan fingerprint density at radius 1 is 1.38 bits per heavy atom. The number of nitrogens with one attached hydrogen (secondary N) is 1. The molecule has 0 fully saturated rings. The molecule has 0 aliphatic rings. The first kappa shape index (κ1) is 17.6. The fourth-order valence-electron chi connectivity index (χ4n) is 2.51. The standard InChI is InChI=1S/C17H21N7O2/c1-12(19-17(25)7-8-23-13(2)20-21-22-23)14-10-18-24(11-14)15-5-4-6-16(9-15)26-3/h4-6,9-12H,7-8H2,1-3H3,(H,19,25)/t12-/m1/s1. The highest BCUT2D eigenvalue weighted by atomic mass is 16.5. The van der Waals surface area contributed by atoms with E-state index in [1.807, 2.05) is 37.4 Å². The molecule has 1 N–H and O–H groups in total. The fourth-order valence-corrected chi connectivity index (χ4v) is 2.51. The maximum absolute atomic E-state index is 12.2. The quantitative estimate of drug-likeness (QED) is 0.688. The van der Waals surface area contributed by atoms with E-state index in [9.17, 15) is 4.79 Å². The molecule has 1 aromatic carbocycles. The third-order valence-electron chi connectivity index (χ3n) is 4.06. The number of nitrogens with zero attached hydrogens (tertiary/aromatic N) is 6. The van der Waals surface area contributed by atoms with Crippen LogP contribution in [-0.2, 0) is 11.3 Å². The zero-order valence-corrected chi connectivity index (χ0v) is 15.0. The molecule has 0 bridgehead atoms. The van der Waals surface area contributed by atoms with E-state index in [-0.39, 0.29) is 11.9 Å². The van der Waals surface area contributed by atoms with E-state index in [0.29, 0.717) is 18.8 Å². The minimum absolute atomic E-state index is 0.0680. The zero-order chi connectivity index (χ0) is 18.5. The molecule has 3 aromatic rings. The van der Waals surface area contributed by atoms with Gasteiger partial charge >= 0.3 is 0 Å². The second-order valence-corrected chi connectivity index (χ2v) is 5.91. The van der Waals surface area contributed by atoms with Crippen LogP contribution in [0.4, 0.5) is 0 Å². The third kappa shape index (κ3) is 4.05. The molecule has 9 nitrogen and oxygen atoms in total. The van der Waals surface area contributed by atoms with E-state index in [4.69, 9.17) is 4.74 Å². The Morgan fingerprint density at radius 2 is 2.23 bits per heavy atom. The van der Waals surface area contributed by atoms with Gasteiger partial charge in [0.15, 0.2) is 0 Å². The lowest BCUT2D eigenvalue weighted by molar-refractivity contribution is -0.122. The van der Waals surface area contributed by atoms with Gasteiger partial charge in [-0.2, -0.15) is 5.10 Å². The Balaban J connectivity index is 1.59. The smallest absolute Gasteiger partial charge is 0.222 e. The van der Waals surface area contributed by atoms with E-state index < -0.39 is 0 Å². The molecule has 3 rings (SSSR count). The molecule has 0 aliphatic heterocycles. The molecule has 9 heteroatoms. The molecule has 0 aliphatic carbocycles. The van der Waals surface area contributed by atoms with Crippen LogP contribution in [-0.4, -0.2) is 43.0 Å². The van der Waals surface area contributed by atoms with Gasteiger partial charge in [-0.05, 0) is 36.4 Å². The van der Waals surface area contributed by atoms with Crippen molar-refractivity contribution in [2.24, 2.45) is 0 Å². The summed E-state index contributed by atoms with van der Waals surface area (Å²) in [6.07, 6.45) is 3.95. The van der Waals surface area contributed by atoms with Gasteiger partial charge in [-0.15, -0.1) is 5.10 Å². The molecule has 2 heterocycles. The van der Waals surface area contributed by atoms with Crippen LogP contribution < -0.4 is 10.1 Å². The number of carbonyl (C=O) groups is 1. The fraction of sp³-hybridized carbons (Fsp3) is 0.353. The highest BCUT2D eigenvalue weighted by molar-refractivity contribution is 5.76. The molecule has 0 spiro atoms.